The van der Waals surface area contributed by atoms with E-state index in [0.29, 0.717) is 12.6 Å². The molecule has 0 aromatic rings. The Morgan fingerprint density at radius 1 is 1.29 bits per heavy atom. The van der Waals surface area contributed by atoms with Crippen LogP contribution in [0.5, 0.6) is 0 Å². The summed E-state index contributed by atoms with van der Waals surface area (Å²) < 4.78 is 5.13. The second-order valence-corrected chi connectivity index (χ2v) is 6.81. The average molecular weight is 452 g/mol. The number of nitrogens with zero attached hydrogens (tertiary/aromatic N) is 3. The maximum absolute atomic E-state index is 11.8. The zero-order chi connectivity index (χ0) is 16.8. The molecule has 7 heteroatoms. The minimum absolute atomic E-state index is 0. The molecule has 1 N–H and O–H groups in total. The first-order chi connectivity index (χ1) is 11.1. The number of hydrogen-bond acceptors (Lipinski definition) is 4. The van der Waals surface area contributed by atoms with Gasteiger partial charge in [-0.2, -0.15) is 0 Å². The number of carbonyl (C=O) groups excluding carboxylic acids is 1. The van der Waals surface area contributed by atoms with E-state index in [0.717, 1.165) is 44.4 Å². The second-order valence-electron chi connectivity index (χ2n) is 6.81. The van der Waals surface area contributed by atoms with Gasteiger partial charge in [0.1, 0.15) is 0 Å². The molecule has 1 heterocycles. The Morgan fingerprint density at radius 2 is 1.92 bits per heavy atom. The molecule has 1 aliphatic carbocycles. The van der Waals surface area contributed by atoms with Crippen LogP contribution in [0.1, 0.15) is 32.6 Å². The van der Waals surface area contributed by atoms with Gasteiger partial charge in [-0.3, -0.25) is 9.79 Å². The summed E-state index contributed by atoms with van der Waals surface area (Å²) >= 11 is 0. The lowest BCUT2D eigenvalue weighted by molar-refractivity contribution is -0.149. The molecule has 1 aliphatic heterocycles. The van der Waals surface area contributed by atoms with Crippen LogP contribution in [0, 0.1) is 11.8 Å². The molecule has 24 heavy (non-hydrogen) atoms. The largest absolute Gasteiger partial charge is 0.466 e. The molecule has 2 rings (SSSR count). The van der Waals surface area contributed by atoms with Crippen LogP contribution < -0.4 is 5.32 Å². The molecule has 6 nitrogen and oxygen atoms in total. The highest BCUT2D eigenvalue weighted by atomic mass is 127. The Balaban J connectivity index is 0.00000288. The number of carbonyl (C=O) groups is 1. The summed E-state index contributed by atoms with van der Waals surface area (Å²) in [5.41, 5.74) is 0. The average Bonchev–Trinajstić information content (AvgIpc) is 3.36. The number of guanidine groups is 1. The zero-order valence-corrected chi connectivity index (χ0v) is 17.8. The molecular weight excluding hydrogens is 419 g/mol. The minimum atomic E-state index is -0.0449. The molecule has 1 atom stereocenters. The van der Waals surface area contributed by atoms with E-state index in [4.69, 9.17) is 4.74 Å². The van der Waals surface area contributed by atoms with Gasteiger partial charge < -0.3 is 19.9 Å². The van der Waals surface area contributed by atoms with E-state index >= 15 is 0 Å². The predicted octanol–water partition coefficient (Wildman–Crippen LogP) is 1.80. The van der Waals surface area contributed by atoms with Crippen LogP contribution in [-0.2, 0) is 9.53 Å². The third kappa shape index (κ3) is 6.06. The fourth-order valence-electron chi connectivity index (χ4n) is 3.37. The van der Waals surface area contributed by atoms with Crippen LogP contribution in [-0.4, -0.2) is 75.2 Å². The van der Waals surface area contributed by atoms with Crippen LogP contribution in [0.2, 0.25) is 0 Å². The molecule has 2 fully saturated rings. The highest BCUT2D eigenvalue weighted by molar-refractivity contribution is 14.0. The van der Waals surface area contributed by atoms with Gasteiger partial charge in [0.2, 0.25) is 0 Å². The molecule has 0 amide bonds. The first-order valence-electron chi connectivity index (χ1n) is 8.85. The van der Waals surface area contributed by atoms with Crippen molar-refractivity contribution in [1.82, 2.24) is 15.1 Å². The summed E-state index contributed by atoms with van der Waals surface area (Å²) in [4.78, 5) is 20.8. The van der Waals surface area contributed by atoms with E-state index in [-0.39, 0.29) is 35.9 Å². The number of hydrogen-bond donors (Lipinski definition) is 1. The minimum Gasteiger partial charge on any atom is -0.466 e. The zero-order valence-electron chi connectivity index (χ0n) is 15.5. The van der Waals surface area contributed by atoms with E-state index in [2.05, 4.69) is 34.2 Å². The third-order valence-corrected chi connectivity index (χ3v) is 4.92. The predicted molar refractivity (Wildman–Crippen MR) is 108 cm³/mol. The molecule has 1 saturated heterocycles. The molecule has 1 saturated carbocycles. The number of ether oxygens (including phenoxy) is 1. The van der Waals surface area contributed by atoms with Crippen LogP contribution in [0.25, 0.3) is 0 Å². The highest BCUT2D eigenvalue weighted by Gasteiger charge is 2.33. The van der Waals surface area contributed by atoms with Gasteiger partial charge in [0.25, 0.3) is 0 Å². The number of halogens is 1. The number of piperidine rings is 1. The van der Waals surface area contributed by atoms with Gasteiger partial charge in [0.15, 0.2) is 5.96 Å². The van der Waals surface area contributed by atoms with Crippen molar-refractivity contribution in [2.75, 3.05) is 47.4 Å². The lowest BCUT2D eigenvalue weighted by atomic mass is 9.97. The maximum atomic E-state index is 11.8. The van der Waals surface area contributed by atoms with Gasteiger partial charge in [0, 0.05) is 32.7 Å². The summed E-state index contributed by atoms with van der Waals surface area (Å²) in [6.07, 6.45) is 4.38. The van der Waals surface area contributed by atoms with Crippen molar-refractivity contribution >= 4 is 35.9 Å². The van der Waals surface area contributed by atoms with E-state index in [1.54, 1.807) is 0 Å². The van der Waals surface area contributed by atoms with Crippen LogP contribution in [0.4, 0.5) is 0 Å². The van der Waals surface area contributed by atoms with Crippen LogP contribution in [0.3, 0.4) is 0 Å². The molecule has 0 spiro atoms. The van der Waals surface area contributed by atoms with Crippen LogP contribution in [0.15, 0.2) is 4.99 Å². The molecular formula is C17H33IN4O2. The summed E-state index contributed by atoms with van der Waals surface area (Å²) in [6, 6.07) is 0.573. The first-order valence-corrected chi connectivity index (χ1v) is 8.85. The van der Waals surface area contributed by atoms with Crippen molar-refractivity contribution in [2.45, 2.75) is 38.6 Å². The Labute approximate surface area is 163 Å². The molecule has 0 aromatic heterocycles. The molecule has 140 valence electrons. The lowest BCUT2D eigenvalue weighted by Gasteiger charge is -2.34. The fraction of sp³-hybridized carbons (Fsp3) is 0.882. The summed E-state index contributed by atoms with van der Waals surface area (Å²) in [7, 11) is 6.14. The lowest BCUT2D eigenvalue weighted by Crippen LogP contribution is -2.50. The van der Waals surface area contributed by atoms with Crippen molar-refractivity contribution in [3.05, 3.63) is 0 Å². The Morgan fingerprint density at radius 3 is 2.38 bits per heavy atom. The van der Waals surface area contributed by atoms with Crippen molar-refractivity contribution < 1.29 is 9.53 Å². The second kappa shape index (κ2) is 10.4. The van der Waals surface area contributed by atoms with Gasteiger partial charge in [-0.25, -0.2) is 0 Å². The van der Waals surface area contributed by atoms with Crippen molar-refractivity contribution in [3.63, 3.8) is 0 Å². The summed E-state index contributed by atoms with van der Waals surface area (Å²) in [6.45, 7) is 4.98. The number of aliphatic imine (C=N–C) groups is 1. The highest BCUT2D eigenvalue weighted by Crippen LogP contribution is 2.34. The third-order valence-electron chi connectivity index (χ3n) is 4.92. The standard InChI is InChI=1S/C17H32N4O2.HI/c1-5-23-16(22)14-8-10-21(11-9-14)17(18-2)19-12-15(20(3)4)13-6-7-13;/h13-15H,5-12H2,1-4H3,(H,18,19);1H. The van der Waals surface area contributed by atoms with Crippen LogP contribution >= 0.6 is 24.0 Å². The topological polar surface area (TPSA) is 57.2 Å². The van der Waals surface area contributed by atoms with Gasteiger partial charge in [-0.15, -0.1) is 24.0 Å². The molecule has 0 radical (unpaired) electrons. The van der Waals surface area contributed by atoms with E-state index < -0.39 is 0 Å². The number of esters is 1. The quantitative estimate of drug-likeness (QED) is 0.288. The summed E-state index contributed by atoms with van der Waals surface area (Å²) in [5.74, 6) is 1.78. The van der Waals surface area contributed by atoms with Crippen molar-refractivity contribution in [2.24, 2.45) is 16.8 Å². The normalized spacial score (nSPS) is 20.5. The summed E-state index contributed by atoms with van der Waals surface area (Å²) in [5, 5.41) is 3.53. The fourth-order valence-corrected chi connectivity index (χ4v) is 3.37. The number of likely N-dealkylation sites (tertiary alicyclic amines) is 1. The smallest absolute Gasteiger partial charge is 0.309 e. The number of nitrogens with one attached hydrogen (secondary N) is 1. The van der Waals surface area contributed by atoms with Gasteiger partial charge in [-0.05, 0) is 52.6 Å². The van der Waals surface area contributed by atoms with Crippen molar-refractivity contribution in [1.29, 1.82) is 0 Å². The van der Waals surface area contributed by atoms with Gasteiger partial charge in [0.05, 0.1) is 12.5 Å². The van der Waals surface area contributed by atoms with Gasteiger partial charge >= 0.3 is 5.97 Å². The maximum Gasteiger partial charge on any atom is 0.309 e. The molecule has 2 aliphatic rings. The molecule has 1 unspecified atom stereocenters. The van der Waals surface area contributed by atoms with Crippen molar-refractivity contribution in [3.8, 4) is 0 Å². The SMILES string of the molecule is CCOC(=O)C1CCN(C(=NC)NCC(C2CC2)N(C)C)CC1.I. The number of likely N-dealkylation sites (N-methyl/N-ethyl adjacent to an activating group) is 1. The number of rotatable bonds is 6. The van der Waals surface area contributed by atoms with E-state index in [9.17, 15) is 4.79 Å². The molecule has 0 aromatic carbocycles. The Bertz CT molecular complexity index is 417. The Kier molecular flexibility index (Phi) is 9.33. The van der Waals surface area contributed by atoms with E-state index in [1.165, 1.54) is 12.8 Å². The van der Waals surface area contributed by atoms with Gasteiger partial charge in [-0.1, -0.05) is 0 Å². The first kappa shape index (κ1) is 21.5. The monoisotopic (exact) mass is 452 g/mol. The van der Waals surface area contributed by atoms with E-state index in [1.807, 2.05) is 14.0 Å². The molecule has 0 bridgehead atoms. The Hall–Kier alpha value is -0.570.